The van der Waals surface area contributed by atoms with Crippen LogP contribution in [0, 0.1) is 17.3 Å². The standard InChI is InChI=1S/C29H45N3O3/c1-5-17-32(18-6-2)27(34)24-13-10-15-29(20-24,28(30)35)25(19-23-11-8-7-9-12-23)26(33)21-31-16-14-22(3)4/h7-13,15,22,25-26,31,33H,5-6,14,16-21H2,1-4H3,(H2,30,35)/t25-,26+,29?/m1/s1. The molecule has 0 saturated carbocycles. The molecule has 2 rings (SSSR count). The number of primary amides is 1. The molecule has 4 N–H and O–H groups in total. The van der Waals surface area contributed by atoms with Crippen molar-refractivity contribution in [2.45, 2.75) is 65.9 Å². The zero-order chi connectivity index (χ0) is 25.8. The lowest BCUT2D eigenvalue weighted by atomic mass is 9.64. The Bertz CT molecular complexity index is 859. The minimum absolute atomic E-state index is 0.0494. The molecule has 0 saturated heterocycles. The molecule has 6 heteroatoms. The third-order valence-corrected chi connectivity index (χ3v) is 6.86. The molecular weight excluding hydrogens is 438 g/mol. The van der Waals surface area contributed by atoms with Gasteiger partial charge in [0.15, 0.2) is 0 Å². The normalized spacial score (nSPS) is 19.3. The Morgan fingerprint density at radius 2 is 1.80 bits per heavy atom. The summed E-state index contributed by atoms with van der Waals surface area (Å²) in [6, 6.07) is 9.85. The van der Waals surface area contributed by atoms with Gasteiger partial charge in [0, 0.05) is 31.1 Å². The van der Waals surface area contributed by atoms with Gasteiger partial charge in [-0.2, -0.15) is 0 Å². The second kappa shape index (κ2) is 14.2. The Kier molecular flexibility index (Phi) is 11.7. The Morgan fingerprint density at radius 3 is 2.37 bits per heavy atom. The number of allylic oxidation sites excluding steroid dienone is 2. The summed E-state index contributed by atoms with van der Waals surface area (Å²) in [5.74, 6) is -0.475. The van der Waals surface area contributed by atoms with Crippen LogP contribution in [0.3, 0.4) is 0 Å². The molecule has 1 aliphatic carbocycles. The summed E-state index contributed by atoms with van der Waals surface area (Å²) >= 11 is 0. The van der Waals surface area contributed by atoms with Gasteiger partial charge in [0.05, 0.1) is 11.5 Å². The zero-order valence-corrected chi connectivity index (χ0v) is 22.0. The number of rotatable bonds is 15. The number of aliphatic hydroxyl groups excluding tert-OH is 1. The van der Waals surface area contributed by atoms with Gasteiger partial charge in [-0.15, -0.1) is 0 Å². The van der Waals surface area contributed by atoms with Crippen molar-refractivity contribution in [1.29, 1.82) is 0 Å². The van der Waals surface area contributed by atoms with Crippen LogP contribution in [0.15, 0.2) is 54.1 Å². The highest BCUT2D eigenvalue weighted by Gasteiger charge is 2.47. The second-order valence-electron chi connectivity index (χ2n) is 10.2. The second-order valence-corrected chi connectivity index (χ2v) is 10.2. The number of nitrogens with two attached hydrogens (primary N) is 1. The van der Waals surface area contributed by atoms with Crippen LogP contribution in [-0.4, -0.2) is 54.1 Å². The molecule has 1 aliphatic rings. The minimum atomic E-state index is -1.15. The first-order valence-corrected chi connectivity index (χ1v) is 13.1. The topological polar surface area (TPSA) is 95.7 Å². The quantitative estimate of drug-likeness (QED) is 0.330. The average molecular weight is 484 g/mol. The number of aliphatic hydroxyl groups is 1. The predicted molar refractivity (Wildman–Crippen MR) is 143 cm³/mol. The van der Waals surface area contributed by atoms with Gasteiger partial charge in [0.1, 0.15) is 0 Å². The number of benzene rings is 1. The van der Waals surface area contributed by atoms with Crippen molar-refractivity contribution in [3.05, 3.63) is 59.7 Å². The van der Waals surface area contributed by atoms with Gasteiger partial charge >= 0.3 is 0 Å². The Balaban J connectivity index is 2.36. The fourth-order valence-electron chi connectivity index (χ4n) is 4.89. The number of carbonyl (C=O) groups is 2. The Hall–Kier alpha value is -2.44. The van der Waals surface area contributed by atoms with E-state index in [2.05, 4.69) is 33.0 Å². The molecule has 0 fully saturated rings. The summed E-state index contributed by atoms with van der Waals surface area (Å²) in [6.07, 6.45) is 7.99. The lowest BCUT2D eigenvalue weighted by Crippen LogP contribution is -2.51. The monoisotopic (exact) mass is 483 g/mol. The van der Waals surface area contributed by atoms with Crippen LogP contribution in [0.2, 0.25) is 0 Å². The molecule has 6 nitrogen and oxygen atoms in total. The van der Waals surface area contributed by atoms with Crippen molar-refractivity contribution in [2.75, 3.05) is 26.2 Å². The van der Waals surface area contributed by atoms with Crippen molar-refractivity contribution in [3.8, 4) is 0 Å². The van der Waals surface area contributed by atoms with Crippen LogP contribution in [0.4, 0.5) is 0 Å². The molecule has 1 aromatic rings. The van der Waals surface area contributed by atoms with E-state index in [0.29, 0.717) is 37.5 Å². The number of nitrogens with one attached hydrogen (secondary N) is 1. The number of hydrogen-bond acceptors (Lipinski definition) is 4. The van der Waals surface area contributed by atoms with E-state index in [1.807, 2.05) is 35.2 Å². The molecule has 3 atom stereocenters. The van der Waals surface area contributed by atoms with E-state index < -0.39 is 23.3 Å². The minimum Gasteiger partial charge on any atom is -0.391 e. The fourth-order valence-corrected chi connectivity index (χ4v) is 4.89. The highest BCUT2D eigenvalue weighted by atomic mass is 16.3. The maximum Gasteiger partial charge on any atom is 0.249 e. The van der Waals surface area contributed by atoms with Gasteiger partial charge in [-0.05, 0) is 50.1 Å². The summed E-state index contributed by atoms with van der Waals surface area (Å²) in [5, 5.41) is 14.7. The lowest BCUT2D eigenvalue weighted by Gasteiger charge is -2.41. The van der Waals surface area contributed by atoms with Crippen LogP contribution in [0.5, 0.6) is 0 Å². The largest absolute Gasteiger partial charge is 0.391 e. The lowest BCUT2D eigenvalue weighted by molar-refractivity contribution is -0.132. The molecule has 0 spiro atoms. The highest BCUT2D eigenvalue weighted by Crippen LogP contribution is 2.42. The van der Waals surface area contributed by atoms with E-state index in [9.17, 15) is 14.7 Å². The first-order valence-electron chi connectivity index (χ1n) is 13.1. The number of amides is 2. The number of carbonyl (C=O) groups excluding carboxylic acids is 2. The van der Waals surface area contributed by atoms with Crippen LogP contribution in [0.25, 0.3) is 0 Å². The van der Waals surface area contributed by atoms with Crippen molar-refractivity contribution >= 4 is 11.8 Å². The number of nitrogens with zero attached hydrogens (tertiary/aromatic N) is 1. The van der Waals surface area contributed by atoms with Crippen LogP contribution in [-0.2, 0) is 16.0 Å². The molecule has 1 unspecified atom stereocenters. The molecule has 0 aromatic heterocycles. The van der Waals surface area contributed by atoms with E-state index in [-0.39, 0.29) is 12.3 Å². The molecule has 35 heavy (non-hydrogen) atoms. The molecule has 0 heterocycles. The number of hydrogen-bond donors (Lipinski definition) is 3. The molecule has 1 aromatic carbocycles. The molecular formula is C29H45N3O3. The summed E-state index contributed by atoms with van der Waals surface area (Å²) in [5.41, 5.74) is 6.51. The first-order chi connectivity index (χ1) is 16.7. The van der Waals surface area contributed by atoms with Crippen molar-refractivity contribution < 1.29 is 14.7 Å². The molecule has 0 bridgehead atoms. The van der Waals surface area contributed by atoms with Crippen LogP contribution < -0.4 is 11.1 Å². The van der Waals surface area contributed by atoms with E-state index in [1.54, 1.807) is 18.2 Å². The van der Waals surface area contributed by atoms with Crippen molar-refractivity contribution in [3.63, 3.8) is 0 Å². The predicted octanol–water partition coefficient (Wildman–Crippen LogP) is 3.85. The summed E-state index contributed by atoms with van der Waals surface area (Å²) < 4.78 is 0. The Morgan fingerprint density at radius 1 is 1.14 bits per heavy atom. The first kappa shape index (κ1) is 28.8. The van der Waals surface area contributed by atoms with E-state index in [4.69, 9.17) is 5.73 Å². The van der Waals surface area contributed by atoms with Gasteiger partial charge in [0.2, 0.25) is 11.8 Å². The SMILES string of the molecule is CCCN(CCC)C(=O)C1=CC=CC(C(N)=O)([C@H](Cc2ccccc2)[C@@H](O)CNCCC(C)C)C1. The van der Waals surface area contributed by atoms with Gasteiger partial charge in [0.25, 0.3) is 0 Å². The molecule has 0 radical (unpaired) electrons. The van der Waals surface area contributed by atoms with Gasteiger partial charge < -0.3 is 21.1 Å². The van der Waals surface area contributed by atoms with E-state index in [0.717, 1.165) is 31.4 Å². The maximum atomic E-state index is 13.4. The summed E-state index contributed by atoms with van der Waals surface area (Å²) in [4.78, 5) is 28.4. The molecule has 0 aliphatic heterocycles. The van der Waals surface area contributed by atoms with Gasteiger partial charge in [-0.25, -0.2) is 0 Å². The molecule has 2 amide bonds. The molecule has 194 valence electrons. The Labute approximate surface area is 211 Å². The maximum absolute atomic E-state index is 13.4. The average Bonchev–Trinajstić information content (AvgIpc) is 2.85. The van der Waals surface area contributed by atoms with Crippen LogP contribution in [0.1, 0.15) is 58.9 Å². The third-order valence-electron chi connectivity index (χ3n) is 6.86. The zero-order valence-electron chi connectivity index (χ0n) is 22.0. The van der Waals surface area contributed by atoms with E-state index >= 15 is 0 Å². The van der Waals surface area contributed by atoms with Crippen molar-refractivity contribution in [1.82, 2.24) is 10.2 Å². The van der Waals surface area contributed by atoms with Gasteiger partial charge in [-0.1, -0.05) is 76.3 Å². The van der Waals surface area contributed by atoms with Gasteiger partial charge in [-0.3, -0.25) is 9.59 Å². The van der Waals surface area contributed by atoms with E-state index in [1.165, 1.54) is 0 Å². The highest BCUT2D eigenvalue weighted by molar-refractivity contribution is 5.96. The van der Waals surface area contributed by atoms with Crippen molar-refractivity contribution in [2.24, 2.45) is 23.0 Å². The third kappa shape index (κ3) is 8.04. The fraction of sp³-hybridized carbons (Fsp3) is 0.586. The smallest absolute Gasteiger partial charge is 0.249 e. The van der Waals surface area contributed by atoms with Crippen LogP contribution >= 0.6 is 0 Å². The summed E-state index contributed by atoms with van der Waals surface area (Å²) in [6.45, 7) is 10.9. The summed E-state index contributed by atoms with van der Waals surface area (Å²) in [7, 11) is 0.